The Kier molecular flexibility index (Phi) is 6.06. The summed E-state index contributed by atoms with van der Waals surface area (Å²) in [7, 11) is 1.89. The third kappa shape index (κ3) is 4.62. The van der Waals surface area contributed by atoms with Crippen molar-refractivity contribution in [1.82, 2.24) is 24.8 Å². The van der Waals surface area contributed by atoms with Crippen LogP contribution in [0.5, 0.6) is 0 Å². The van der Waals surface area contributed by atoms with Crippen molar-refractivity contribution in [1.29, 1.82) is 0 Å². The molecule has 0 radical (unpaired) electrons. The number of hydrogen-bond donors (Lipinski definition) is 1. The number of nitrogens with zero attached hydrogens (tertiary/aromatic N) is 5. The molecule has 0 aliphatic rings. The molecular formula is C22H20Cl2N6O. The van der Waals surface area contributed by atoms with Crippen LogP contribution in [0.2, 0.25) is 10.2 Å². The number of benzene rings is 2. The Labute approximate surface area is 189 Å². The van der Waals surface area contributed by atoms with Crippen LogP contribution in [0.3, 0.4) is 0 Å². The maximum atomic E-state index is 12.3. The average molecular weight is 455 g/mol. The second-order valence-electron chi connectivity index (χ2n) is 7.12. The number of fused-ring (bicyclic) bond motifs is 1. The number of hydrogen-bond acceptors (Lipinski definition) is 4. The molecule has 31 heavy (non-hydrogen) atoms. The molecule has 0 atom stereocenters. The SMILES string of the molecule is Cc1nn(Cc2ccc(Cl)cc2)c(Cl)c1/C=N/NC(=O)Cc1nc2ccccc2n1C. The molecule has 2 aromatic heterocycles. The highest BCUT2D eigenvalue weighted by Crippen LogP contribution is 2.20. The summed E-state index contributed by atoms with van der Waals surface area (Å²) in [4.78, 5) is 16.8. The van der Waals surface area contributed by atoms with E-state index < -0.39 is 0 Å². The van der Waals surface area contributed by atoms with E-state index in [1.165, 1.54) is 6.21 Å². The quantitative estimate of drug-likeness (QED) is 0.351. The van der Waals surface area contributed by atoms with Crippen molar-refractivity contribution >= 4 is 46.4 Å². The fourth-order valence-electron chi connectivity index (χ4n) is 3.29. The summed E-state index contributed by atoms with van der Waals surface area (Å²) < 4.78 is 3.59. The second-order valence-corrected chi connectivity index (χ2v) is 7.91. The normalized spacial score (nSPS) is 11.5. The zero-order chi connectivity index (χ0) is 22.0. The molecule has 0 aliphatic heterocycles. The monoisotopic (exact) mass is 454 g/mol. The number of nitrogens with one attached hydrogen (secondary N) is 1. The first kappa shape index (κ1) is 21.1. The van der Waals surface area contributed by atoms with Gasteiger partial charge in [-0.15, -0.1) is 0 Å². The Morgan fingerprint density at radius 2 is 1.90 bits per heavy atom. The number of rotatable bonds is 6. The molecule has 0 fully saturated rings. The molecule has 0 saturated heterocycles. The first-order chi connectivity index (χ1) is 14.9. The summed E-state index contributed by atoms with van der Waals surface area (Å²) in [6, 6.07) is 15.2. The van der Waals surface area contributed by atoms with Crippen LogP contribution in [-0.4, -0.2) is 31.5 Å². The summed E-state index contributed by atoms with van der Waals surface area (Å²) >= 11 is 12.4. The Balaban J connectivity index is 1.42. The van der Waals surface area contributed by atoms with Gasteiger partial charge in [0.1, 0.15) is 11.0 Å². The van der Waals surface area contributed by atoms with Crippen LogP contribution in [0.4, 0.5) is 0 Å². The number of imidazole rings is 1. The lowest BCUT2D eigenvalue weighted by Crippen LogP contribution is -2.21. The molecule has 0 saturated carbocycles. The van der Waals surface area contributed by atoms with Crippen molar-refractivity contribution in [3.8, 4) is 0 Å². The molecule has 4 aromatic rings. The minimum atomic E-state index is -0.267. The van der Waals surface area contributed by atoms with E-state index in [9.17, 15) is 4.79 Å². The maximum Gasteiger partial charge on any atom is 0.247 e. The molecule has 0 spiro atoms. The van der Waals surface area contributed by atoms with Crippen LogP contribution in [0.25, 0.3) is 11.0 Å². The topological polar surface area (TPSA) is 77.1 Å². The number of halogens is 2. The molecule has 9 heteroatoms. The van der Waals surface area contributed by atoms with Crippen LogP contribution in [0.15, 0.2) is 53.6 Å². The van der Waals surface area contributed by atoms with E-state index in [0.717, 1.165) is 16.6 Å². The number of aromatic nitrogens is 4. The lowest BCUT2D eigenvalue weighted by Gasteiger charge is -2.04. The van der Waals surface area contributed by atoms with Crippen molar-refractivity contribution in [2.24, 2.45) is 12.1 Å². The van der Waals surface area contributed by atoms with E-state index in [4.69, 9.17) is 23.2 Å². The van der Waals surface area contributed by atoms with Gasteiger partial charge in [0.05, 0.1) is 41.5 Å². The van der Waals surface area contributed by atoms with Gasteiger partial charge in [-0.25, -0.2) is 15.1 Å². The molecule has 2 aromatic carbocycles. The molecule has 0 aliphatic carbocycles. The van der Waals surface area contributed by atoms with Crippen molar-refractivity contribution in [3.05, 3.63) is 81.4 Å². The van der Waals surface area contributed by atoms with Crippen molar-refractivity contribution in [3.63, 3.8) is 0 Å². The van der Waals surface area contributed by atoms with Crippen LogP contribution in [0, 0.1) is 6.92 Å². The van der Waals surface area contributed by atoms with Crippen molar-refractivity contribution < 1.29 is 4.79 Å². The van der Waals surface area contributed by atoms with E-state index in [-0.39, 0.29) is 12.3 Å². The van der Waals surface area contributed by atoms with Gasteiger partial charge in [0.2, 0.25) is 5.91 Å². The lowest BCUT2D eigenvalue weighted by atomic mass is 10.2. The van der Waals surface area contributed by atoms with Crippen LogP contribution in [0.1, 0.15) is 22.6 Å². The van der Waals surface area contributed by atoms with Gasteiger partial charge in [-0.2, -0.15) is 10.2 Å². The van der Waals surface area contributed by atoms with E-state index in [1.54, 1.807) is 4.68 Å². The molecule has 7 nitrogen and oxygen atoms in total. The molecule has 1 amide bonds. The third-order valence-electron chi connectivity index (χ3n) is 4.94. The van der Waals surface area contributed by atoms with Crippen LogP contribution >= 0.6 is 23.2 Å². The standard InChI is InChI=1S/C22H20Cl2N6O/c1-14-17(22(24)30(28-14)13-15-7-9-16(23)10-8-15)12-25-27-21(31)11-20-26-18-5-3-4-6-19(18)29(20)2/h3-10,12H,11,13H2,1-2H3,(H,27,31)/b25-12+. The number of hydrazone groups is 1. The number of carbonyl (C=O) groups is 1. The van der Waals surface area contributed by atoms with E-state index in [2.05, 4.69) is 20.6 Å². The van der Waals surface area contributed by atoms with Gasteiger partial charge >= 0.3 is 0 Å². The summed E-state index contributed by atoms with van der Waals surface area (Å²) in [6.45, 7) is 2.34. The van der Waals surface area contributed by atoms with Crippen LogP contribution < -0.4 is 5.43 Å². The van der Waals surface area contributed by atoms with Crippen molar-refractivity contribution in [2.45, 2.75) is 19.9 Å². The van der Waals surface area contributed by atoms with Gasteiger partial charge in [0.15, 0.2) is 0 Å². The number of aryl methyl sites for hydroxylation is 2. The van der Waals surface area contributed by atoms with Gasteiger partial charge in [-0.1, -0.05) is 47.5 Å². The van der Waals surface area contributed by atoms with Gasteiger partial charge in [-0.05, 0) is 36.8 Å². The molecule has 1 N–H and O–H groups in total. The Morgan fingerprint density at radius 3 is 2.65 bits per heavy atom. The highest BCUT2D eigenvalue weighted by atomic mass is 35.5. The third-order valence-corrected chi connectivity index (χ3v) is 5.59. The molecular weight excluding hydrogens is 435 g/mol. The zero-order valence-electron chi connectivity index (χ0n) is 17.0. The number of amides is 1. The smallest absolute Gasteiger partial charge is 0.247 e. The summed E-state index contributed by atoms with van der Waals surface area (Å²) in [5.41, 5.74) is 6.76. The minimum absolute atomic E-state index is 0.116. The summed E-state index contributed by atoms with van der Waals surface area (Å²) in [5, 5.41) is 9.64. The lowest BCUT2D eigenvalue weighted by molar-refractivity contribution is -0.120. The highest BCUT2D eigenvalue weighted by molar-refractivity contribution is 6.32. The average Bonchev–Trinajstić information content (AvgIpc) is 3.20. The van der Waals surface area contributed by atoms with Gasteiger partial charge in [-0.3, -0.25) is 4.79 Å². The largest absolute Gasteiger partial charge is 0.331 e. The molecule has 4 rings (SSSR count). The predicted molar refractivity (Wildman–Crippen MR) is 123 cm³/mol. The first-order valence-electron chi connectivity index (χ1n) is 9.62. The zero-order valence-corrected chi connectivity index (χ0v) is 18.5. The summed E-state index contributed by atoms with van der Waals surface area (Å²) in [6.07, 6.45) is 1.63. The Morgan fingerprint density at radius 1 is 1.16 bits per heavy atom. The van der Waals surface area contributed by atoms with Crippen LogP contribution in [-0.2, 0) is 24.8 Å². The maximum absolute atomic E-state index is 12.3. The molecule has 158 valence electrons. The second kappa shape index (κ2) is 8.91. The van der Waals surface area contributed by atoms with Crippen molar-refractivity contribution in [2.75, 3.05) is 0 Å². The first-order valence-corrected chi connectivity index (χ1v) is 10.4. The molecule has 0 unspecified atom stereocenters. The fourth-order valence-corrected chi connectivity index (χ4v) is 3.70. The predicted octanol–water partition coefficient (Wildman–Crippen LogP) is 4.13. The van der Waals surface area contributed by atoms with Gasteiger partial charge in [0.25, 0.3) is 0 Å². The van der Waals surface area contributed by atoms with E-state index >= 15 is 0 Å². The Hall–Kier alpha value is -3.16. The molecule has 0 bridgehead atoms. The number of carbonyl (C=O) groups excluding carboxylic acids is 1. The Bertz CT molecular complexity index is 1270. The molecule has 2 heterocycles. The highest BCUT2D eigenvalue weighted by Gasteiger charge is 2.13. The number of para-hydroxylation sites is 2. The van der Waals surface area contributed by atoms with Gasteiger partial charge < -0.3 is 4.57 Å². The minimum Gasteiger partial charge on any atom is -0.331 e. The summed E-state index contributed by atoms with van der Waals surface area (Å²) in [5.74, 6) is 0.399. The van der Waals surface area contributed by atoms with Gasteiger partial charge in [0, 0.05) is 12.1 Å². The van der Waals surface area contributed by atoms with E-state index in [0.29, 0.717) is 33.8 Å². The van der Waals surface area contributed by atoms with E-state index in [1.807, 2.05) is 67.1 Å². The fraction of sp³-hybridized carbons (Fsp3) is 0.182.